The highest BCUT2D eigenvalue weighted by Crippen LogP contribution is 2.44. The molecule has 1 N–H and O–H groups in total. The molecule has 1 unspecified atom stereocenters. The van der Waals surface area contributed by atoms with Gasteiger partial charge in [-0.15, -0.1) is 0 Å². The fourth-order valence-corrected chi connectivity index (χ4v) is 3.57. The third-order valence-corrected chi connectivity index (χ3v) is 5.12. The molecule has 3 aromatic rings. The van der Waals surface area contributed by atoms with Gasteiger partial charge in [0.15, 0.2) is 0 Å². The molecule has 136 valence electrons. The molecule has 26 heavy (non-hydrogen) atoms. The van der Waals surface area contributed by atoms with Gasteiger partial charge in [0.25, 0.3) is 5.56 Å². The predicted octanol–water partition coefficient (Wildman–Crippen LogP) is 2.87. The van der Waals surface area contributed by atoms with Crippen molar-refractivity contribution >= 4 is 22.2 Å². The highest BCUT2D eigenvalue weighted by Gasteiger charge is 2.28. The van der Waals surface area contributed by atoms with E-state index >= 15 is 0 Å². The standard InChI is InChI=1S/C19H20N2O4S/c1-11-5-15(10-21(2)19(11)22)16-7-12(9-20-26(23)24)6-14-8-17(13-3-4-13)25-18(14)16/h5-8,10,13,20H,3-4,9H2,1-2H3,(H,23,24)/p-1. The SMILES string of the molecule is Cc1cc(-c2cc(CNS(=O)[O-])cc3cc(C4CC4)oc23)cn(C)c1=O. The summed E-state index contributed by atoms with van der Waals surface area (Å²) in [7, 11) is 1.72. The molecular formula is C19H19N2O4S-. The van der Waals surface area contributed by atoms with Crippen molar-refractivity contribution < 1.29 is 13.2 Å². The summed E-state index contributed by atoms with van der Waals surface area (Å²) in [5.41, 5.74) is 3.96. The minimum absolute atomic E-state index is 0.0392. The average Bonchev–Trinajstić information content (AvgIpc) is 3.36. The molecule has 1 fully saturated rings. The van der Waals surface area contributed by atoms with Crippen molar-refractivity contribution in [2.45, 2.75) is 32.2 Å². The summed E-state index contributed by atoms with van der Waals surface area (Å²) in [4.78, 5) is 12.0. The maximum absolute atomic E-state index is 12.0. The van der Waals surface area contributed by atoms with Gasteiger partial charge in [-0.1, -0.05) is 0 Å². The van der Waals surface area contributed by atoms with Crippen molar-refractivity contribution in [2.75, 3.05) is 0 Å². The molecule has 7 heteroatoms. The van der Waals surface area contributed by atoms with Gasteiger partial charge in [-0.25, -0.2) is 4.72 Å². The van der Waals surface area contributed by atoms with Crippen molar-refractivity contribution in [3.63, 3.8) is 0 Å². The lowest BCUT2D eigenvalue weighted by atomic mass is 10.0. The van der Waals surface area contributed by atoms with Crippen LogP contribution in [0.4, 0.5) is 0 Å². The minimum atomic E-state index is -2.32. The smallest absolute Gasteiger partial charge is 0.253 e. The van der Waals surface area contributed by atoms with Gasteiger partial charge in [-0.3, -0.25) is 9.00 Å². The van der Waals surface area contributed by atoms with Crippen LogP contribution in [-0.4, -0.2) is 13.3 Å². The Morgan fingerprint density at radius 2 is 2.08 bits per heavy atom. The summed E-state index contributed by atoms with van der Waals surface area (Å²) in [6.07, 6.45) is 4.06. The number of rotatable bonds is 5. The predicted molar refractivity (Wildman–Crippen MR) is 99.4 cm³/mol. The van der Waals surface area contributed by atoms with Gasteiger partial charge in [0.2, 0.25) is 0 Å². The number of nitrogens with one attached hydrogen (secondary N) is 1. The fraction of sp³-hybridized carbons (Fsp3) is 0.316. The Morgan fingerprint density at radius 3 is 2.73 bits per heavy atom. The third kappa shape index (κ3) is 3.25. The molecule has 1 saturated carbocycles. The van der Waals surface area contributed by atoms with Crippen LogP contribution in [0, 0.1) is 6.92 Å². The summed E-state index contributed by atoms with van der Waals surface area (Å²) in [5.74, 6) is 1.45. The van der Waals surface area contributed by atoms with E-state index in [1.165, 1.54) is 0 Å². The Balaban J connectivity index is 1.90. The second-order valence-corrected chi connectivity index (χ2v) is 7.63. The number of pyridine rings is 1. The van der Waals surface area contributed by atoms with Crippen LogP contribution < -0.4 is 10.3 Å². The first-order chi connectivity index (χ1) is 12.4. The van der Waals surface area contributed by atoms with Gasteiger partial charge in [-0.2, -0.15) is 0 Å². The van der Waals surface area contributed by atoms with E-state index in [9.17, 15) is 13.6 Å². The van der Waals surface area contributed by atoms with E-state index in [0.29, 0.717) is 11.5 Å². The molecular weight excluding hydrogens is 352 g/mol. The van der Waals surface area contributed by atoms with Crippen molar-refractivity contribution in [3.05, 3.63) is 57.7 Å². The zero-order valence-electron chi connectivity index (χ0n) is 14.6. The maximum atomic E-state index is 12.0. The molecule has 2 heterocycles. The Bertz CT molecular complexity index is 1050. The van der Waals surface area contributed by atoms with E-state index in [0.717, 1.165) is 46.3 Å². The highest BCUT2D eigenvalue weighted by molar-refractivity contribution is 7.77. The molecule has 6 nitrogen and oxygen atoms in total. The molecule has 0 saturated heterocycles. The third-order valence-electron chi connectivity index (χ3n) is 4.74. The Labute approximate surface area is 153 Å². The van der Waals surface area contributed by atoms with Crippen LogP contribution >= 0.6 is 0 Å². The minimum Gasteiger partial charge on any atom is -0.760 e. The molecule has 0 bridgehead atoms. The highest BCUT2D eigenvalue weighted by atomic mass is 32.2. The van der Waals surface area contributed by atoms with Crippen LogP contribution in [-0.2, 0) is 24.9 Å². The van der Waals surface area contributed by atoms with Gasteiger partial charge in [0.1, 0.15) is 11.3 Å². The summed E-state index contributed by atoms with van der Waals surface area (Å²) >= 11 is -2.32. The van der Waals surface area contributed by atoms with E-state index in [2.05, 4.69) is 4.72 Å². The van der Waals surface area contributed by atoms with Crippen LogP contribution in [0.25, 0.3) is 22.1 Å². The molecule has 2 aromatic heterocycles. The van der Waals surface area contributed by atoms with Gasteiger partial charge < -0.3 is 13.5 Å². The van der Waals surface area contributed by atoms with Crippen molar-refractivity contribution in [3.8, 4) is 11.1 Å². The quantitative estimate of drug-likeness (QED) is 0.699. The molecule has 4 rings (SSSR count). The molecule has 1 atom stereocenters. The molecule has 0 spiro atoms. The number of aromatic nitrogens is 1. The van der Waals surface area contributed by atoms with Gasteiger partial charge in [0.05, 0.1) is 0 Å². The number of hydrogen-bond acceptors (Lipinski definition) is 4. The van der Waals surface area contributed by atoms with E-state index in [4.69, 9.17) is 4.42 Å². The number of aryl methyl sites for hydroxylation is 2. The summed E-state index contributed by atoms with van der Waals surface area (Å²) in [5, 5.41) is 0.949. The lowest BCUT2D eigenvalue weighted by Crippen LogP contribution is -2.18. The van der Waals surface area contributed by atoms with Crippen molar-refractivity contribution in [2.24, 2.45) is 7.05 Å². The zero-order valence-corrected chi connectivity index (χ0v) is 15.4. The average molecular weight is 371 g/mol. The van der Waals surface area contributed by atoms with E-state index in [1.807, 2.05) is 24.3 Å². The van der Waals surface area contributed by atoms with Crippen LogP contribution in [0.15, 0.2) is 39.7 Å². The first-order valence-electron chi connectivity index (χ1n) is 8.49. The summed E-state index contributed by atoms with van der Waals surface area (Å²) in [6, 6.07) is 7.76. The Hall–Kier alpha value is -2.22. The largest absolute Gasteiger partial charge is 0.760 e. The number of hydrogen-bond donors (Lipinski definition) is 1. The monoisotopic (exact) mass is 371 g/mol. The second kappa shape index (κ2) is 6.50. The zero-order chi connectivity index (χ0) is 18.4. The molecule has 0 radical (unpaired) electrons. The maximum Gasteiger partial charge on any atom is 0.253 e. The van der Waals surface area contributed by atoms with Crippen LogP contribution in [0.3, 0.4) is 0 Å². The number of benzene rings is 1. The Kier molecular flexibility index (Phi) is 4.30. The molecule has 0 amide bonds. The molecule has 0 aliphatic heterocycles. The van der Waals surface area contributed by atoms with Gasteiger partial charge in [-0.05, 0) is 49.6 Å². The lowest BCUT2D eigenvalue weighted by molar-refractivity contribution is 0.522. The summed E-state index contributed by atoms with van der Waals surface area (Å²) < 4.78 is 31.8. The first kappa shape index (κ1) is 17.2. The topological polar surface area (TPSA) is 87.3 Å². The van der Waals surface area contributed by atoms with Crippen LogP contribution in [0.2, 0.25) is 0 Å². The van der Waals surface area contributed by atoms with E-state index < -0.39 is 11.3 Å². The molecule has 1 aliphatic carbocycles. The molecule has 1 aliphatic rings. The fourth-order valence-electron chi connectivity index (χ4n) is 3.29. The van der Waals surface area contributed by atoms with Crippen LogP contribution in [0.5, 0.6) is 0 Å². The number of furan rings is 1. The number of nitrogens with zero attached hydrogens (tertiary/aromatic N) is 1. The van der Waals surface area contributed by atoms with Crippen LogP contribution in [0.1, 0.15) is 35.6 Å². The lowest BCUT2D eigenvalue weighted by Gasteiger charge is -2.11. The van der Waals surface area contributed by atoms with E-state index in [-0.39, 0.29) is 12.1 Å². The van der Waals surface area contributed by atoms with Gasteiger partial charge >= 0.3 is 0 Å². The van der Waals surface area contributed by atoms with Gasteiger partial charge in [0, 0.05) is 59.1 Å². The Morgan fingerprint density at radius 1 is 1.31 bits per heavy atom. The molecule has 1 aromatic carbocycles. The summed E-state index contributed by atoms with van der Waals surface area (Å²) in [6.45, 7) is 1.99. The van der Waals surface area contributed by atoms with Crippen molar-refractivity contribution in [1.82, 2.24) is 9.29 Å². The second-order valence-electron chi connectivity index (χ2n) is 6.87. The normalized spacial score (nSPS) is 15.5. The van der Waals surface area contributed by atoms with Crippen molar-refractivity contribution in [1.29, 1.82) is 0 Å². The first-order valence-corrected chi connectivity index (χ1v) is 9.56. The van der Waals surface area contributed by atoms with E-state index in [1.54, 1.807) is 24.7 Å². The number of fused-ring (bicyclic) bond motifs is 1.